The van der Waals surface area contributed by atoms with Gasteiger partial charge in [-0.1, -0.05) is 182 Å². The van der Waals surface area contributed by atoms with Gasteiger partial charge in [-0.25, -0.2) is 4.79 Å². The highest BCUT2D eigenvalue weighted by Crippen LogP contribution is 2.14. The lowest BCUT2D eigenvalue weighted by atomic mass is 10.1. The number of quaternary nitrogens is 1. The average Bonchev–Trinajstić information content (AvgIpc) is 3.27. The maximum absolute atomic E-state index is 12.8. The molecule has 0 aliphatic heterocycles. The van der Waals surface area contributed by atoms with Gasteiger partial charge in [0.2, 0.25) is 0 Å². The van der Waals surface area contributed by atoms with Crippen LogP contribution in [0.5, 0.6) is 0 Å². The molecule has 1 N–H and O–H groups in total. The number of nitrogens with zero attached hydrogens (tertiary/aromatic N) is 1. The van der Waals surface area contributed by atoms with Crippen LogP contribution in [0.25, 0.3) is 0 Å². The van der Waals surface area contributed by atoms with Gasteiger partial charge in [0.05, 0.1) is 34.4 Å². The summed E-state index contributed by atoms with van der Waals surface area (Å²) in [6.45, 7) is 4.59. The molecule has 0 radical (unpaired) electrons. The maximum atomic E-state index is 12.8. The zero-order valence-corrected chi connectivity index (χ0v) is 42.4. The van der Waals surface area contributed by atoms with Gasteiger partial charge in [0.1, 0.15) is 6.61 Å². The predicted octanol–water partition coefficient (Wildman–Crippen LogP) is 15.3. The van der Waals surface area contributed by atoms with E-state index in [4.69, 9.17) is 14.2 Å². The summed E-state index contributed by atoms with van der Waals surface area (Å²) >= 11 is 0. The molecule has 2 atom stereocenters. The zero-order chi connectivity index (χ0) is 47.7. The molecule has 0 aliphatic carbocycles. The van der Waals surface area contributed by atoms with Gasteiger partial charge in [-0.3, -0.25) is 9.59 Å². The quantitative estimate of drug-likeness (QED) is 0.0281. The smallest absolute Gasteiger partial charge is 0.362 e. The minimum atomic E-state index is -0.882. The second-order valence-electron chi connectivity index (χ2n) is 18.4. The van der Waals surface area contributed by atoms with E-state index in [1.165, 1.54) is 89.9 Å². The number of likely N-dealkylation sites (N-methyl/N-ethyl adjacent to an activating group) is 1. The number of hydrogen-bond acceptors (Lipinski definition) is 6. The van der Waals surface area contributed by atoms with Crippen molar-refractivity contribution in [2.75, 3.05) is 41.0 Å². The van der Waals surface area contributed by atoms with E-state index < -0.39 is 18.1 Å². The number of carbonyl (C=O) groups excluding carboxylic acids is 2. The van der Waals surface area contributed by atoms with Crippen molar-refractivity contribution in [1.82, 2.24) is 0 Å². The first kappa shape index (κ1) is 61.5. The monoisotopic (exact) mass is 909 g/mol. The highest BCUT2D eigenvalue weighted by atomic mass is 16.6. The fourth-order valence-electron chi connectivity index (χ4n) is 7.27. The van der Waals surface area contributed by atoms with E-state index >= 15 is 0 Å². The van der Waals surface area contributed by atoms with Gasteiger partial charge in [0, 0.05) is 19.3 Å². The second kappa shape index (κ2) is 47.0. The summed E-state index contributed by atoms with van der Waals surface area (Å²) in [4.78, 5) is 37.2. The Kier molecular flexibility index (Phi) is 44.5. The summed E-state index contributed by atoms with van der Waals surface area (Å²) in [5.41, 5.74) is 0. The van der Waals surface area contributed by atoms with Crippen molar-refractivity contribution in [1.29, 1.82) is 0 Å². The lowest BCUT2D eigenvalue weighted by Gasteiger charge is -2.31. The van der Waals surface area contributed by atoms with Gasteiger partial charge in [-0.05, 0) is 89.9 Å². The second-order valence-corrected chi connectivity index (χ2v) is 18.4. The van der Waals surface area contributed by atoms with E-state index in [1.807, 2.05) is 21.1 Å². The molecule has 8 nitrogen and oxygen atoms in total. The van der Waals surface area contributed by atoms with Crippen LogP contribution in [0.15, 0.2) is 85.1 Å². The molecule has 0 bridgehead atoms. The number of carbonyl (C=O) groups is 3. The minimum Gasteiger partial charge on any atom is -0.477 e. The van der Waals surface area contributed by atoms with Crippen LogP contribution in [-0.2, 0) is 28.6 Å². The maximum Gasteiger partial charge on any atom is 0.362 e. The van der Waals surface area contributed by atoms with E-state index in [1.54, 1.807) is 0 Å². The molecule has 8 heteroatoms. The van der Waals surface area contributed by atoms with Gasteiger partial charge in [0.25, 0.3) is 0 Å². The molecule has 0 rings (SSSR count). The molecule has 65 heavy (non-hydrogen) atoms. The summed E-state index contributed by atoms with van der Waals surface area (Å²) in [5, 5.41) is 9.66. The Morgan fingerprint density at radius 3 is 1.31 bits per heavy atom. The summed E-state index contributed by atoms with van der Waals surface area (Å²) in [6, 6.07) is -0.626. The van der Waals surface area contributed by atoms with Crippen LogP contribution in [0.4, 0.5) is 0 Å². The fourth-order valence-corrected chi connectivity index (χ4v) is 7.27. The molecule has 0 aliphatic rings. The first-order valence-corrected chi connectivity index (χ1v) is 26.1. The van der Waals surface area contributed by atoms with E-state index in [0.717, 1.165) is 83.5 Å². The SMILES string of the molecule is CC/C=C/C/C=C/C/C=C/C/C=C/C/C=C/C/C=C/CCCCCC(=O)OCC(COCCC(C(=O)O)[N+](C)(C)C)OC(=O)CCCCCCCCC/C=C/CCCCCCCCCC. The third-order valence-electron chi connectivity index (χ3n) is 11.3. The number of hydrogen-bond donors (Lipinski definition) is 1. The Morgan fingerprint density at radius 2 is 0.862 bits per heavy atom. The molecular formula is C57H98NO7+. The minimum absolute atomic E-state index is 0.0445. The standard InChI is InChI=1S/C57H97NO7/c1-6-8-10-12-14-16-18-20-22-24-26-27-28-30-31-33-35-37-39-41-43-45-47-55(59)64-52-53(51-63-50-49-54(57(61)62)58(3,4)5)65-56(60)48-46-44-42-40-38-36-34-32-29-25-23-21-19-17-15-13-11-9-7-2/h8,10,14,16,20,22,25-27,29-31,35,37,53-54H,6-7,9,11-13,15,17-19,21,23-24,28,32-34,36,38-52H2,1-5H3/p+1/b10-8+,16-14+,22-20+,27-26+,29-25+,31-30+,37-35+. The molecular weight excluding hydrogens is 811 g/mol. The van der Waals surface area contributed by atoms with Gasteiger partial charge in [-0.2, -0.15) is 0 Å². The van der Waals surface area contributed by atoms with Crippen LogP contribution in [0.1, 0.15) is 206 Å². The number of unbranched alkanes of at least 4 members (excludes halogenated alkanes) is 18. The fraction of sp³-hybridized carbons (Fsp3) is 0.702. The summed E-state index contributed by atoms with van der Waals surface area (Å²) in [6.07, 6.45) is 62.0. The number of ether oxygens (including phenoxy) is 3. The Bertz CT molecular complexity index is 1330. The van der Waals surface area contributed by atoms with Crippen LogP contribution >= 0.6 is 0 Å². The first-order valence-electron chi connectivity index (χ1n) is 26.1. The number of aliphatic carboxylic acids is 1. The Morgan fingerprint density at radius 1 is 0.477 bits per heavy atom. The van der Waals surface area contributed by atoms with Gasteiger partial charge < -0.3 is 23.8 Å². The number of carboxylic acid groups (broad SMARTS) is 1. The highest BCUT2D eigenvalue weighted by Gasteiger charge is 2.31. The largest absolute Gasteiger partial charge is 0.477 e. The van der Waals surface area contributed by atoms with Gasteiger partial charge >= 0.3 is 17.9 Å². The van der Waals surface area contributed by atoms with Crippen molar-refractivity contribution in [2.24, 2.45) is 0 Å². The van der Waals surface area contributed by atoms with Crippen LogP contribution in [0.2, 0.25) is 0 Å². The van der Waals surface area contributed by atoms with Crippen LogP contribution in [-0.4, -0.2) is 80.6 Å². The normalized spacial score (nSPS) is 13.6. The van der Waals surface area contributed by atoms with Crippen molar-refractivity contribution >= 4 is 17.9 Å². The van der Waals surface area contributed by atoms with Crippen molar-refractivity contribution < 1.29 is 38.2 Å². The van der Waals surface area contributed by atoms with E-state index in [0.29, 0.717) is 19.3 Å². The molecule has 0 saturated carbocycles. The van der Waals surface area contributed by atoms with E-state index in [9.17, 15) is 19.5 Å². The van der Waals surface area contributed by atoms with Crippen molar-refractivity contribution in [3.05, 3.63) is 85.1 Å². The molecule has 0 fully saturated rings. The summed E-state index contributed by atoms with van der Waals surface area (Å²) in [5.74, 6) is -1.52. The Labute approximate surface area is 399 Å². The lowest BCUT2D eigenvalue weighted by molar-refractivity contribution is -0.887. The predicted molar refractivity (Wildman–Crippen MR) is 275 cm³/mol. The number of esters is 2. The summed E-state index contributed by atoms with van der Waals surface area (Å²) in [7, 11) is 5.52. The Balaban J connectivity index is 4.33. The van der Waals surface area contributed by atoms with Crippen molar-refractivity contribution in [3.8, 4) is 0 Å². The number of rotatable bonds is 46. The molecule has 0 aromatic heterocycles. The van der Waals surface area contributed by atoms with Crippen molar-refractivity contribution in [2.45, 2.75) is 219 Å². The molecule has 0 amide bonds. The van der Waals surface area contributed by atoms with Gasteiger partial charge in [-0.15, -0.1) is 0 Å². The van der Waals surface area contributed by atoms with Crippen LogP contribution in [0, 0.1) is 0 Å². The molecule has 0 heterocycles. The van der Waals surface area contributed by atoms with E-state index in [-0.39, 0.29) is 36.2 Å². The van der Waals surface area contributed by atoms with Crippen LogP contribution in [0.3, 0.4) is 0 Å². The molecule has 0 spiro atoms. The average molecular weight is 909 g/mol. The zero-order valence-electron chi connectivity index (χ0n) is 42.4. The molecule has 0 aromatic carbocycles. The van der Waals surface area contributed by atoms with Crippen LogP contribution < -0.4 is 0 Å². The molecule has 0 aromatic rings. The summed E-state index contributed by atoms with van der Waals surface area (Å²) < 4.78 is 17.3. The lowest BCUT2D eigenvalue weighted by Crippen LogP contribution is -2.50. The number of carboxylic acids is 1. The Hall–Kier alpha value is -3.49. The molecule has 2 unspecified atom stereocenters. The topological polar surface area (TPSA) is 99.1 Å². The van der Waals surface area contributed by atoms with Crippen molar-refractivity contribution in [3.63, 3.8) is 0 Å². The molecule has 0 saturated heterocycles. The first-order chi connectivity index (χ1) is 31.6. The van der Waals surface area contributed by atoms with E-state index in [2.05, 4.69) is 98.9 Å². The van der Waals surface area contributed by atoms with Gasteiger partial charge in [0.15, 0.2) is 12.1 Å². The number of allylic oxidation sites excluding steroid dienone is 14. The third-order valence-corrected chi connectivity index (χ3v) is 11.3. The third kappa shape index (κ3) is 45.5. The highest BCUT2D eigenvalue weighted by molar-refractivity contribution is 5.72. The molecule has 372 valence electrons.